The topological polar surface area (TPSA) is 55.8 Å². The second-order valence-electron chi connectivity index (χ2n) is 14.1. The summed E-state index contributed by atoms with van der Waals surface area (Å²) >= 11 is 0. The highest BCUT2D eigenvalue weighted by Gasteiger charge is 2.13. The number of aliphatic hydroxyl groups excluding tert-OH is 1. The summed E-state index contributed by atoms with van der Waals surface area (Å²) < 4.78 is 11.1. The first-order chi connectivity index (χ1) is 23.2. The van der Waals surface area contributed by atoms with Gasteiger partial charge in [-0.05, 0) is 64.2 Å². The van der Waals surface area contributed by atoms with E-state index in [9.17, 15) is 9.90 Å². The van der Waals surface area contributed by atoms with E-state index in [1.54, 1.807) is 0 Å². The Balaban J connectivity index is 3.41. The molecule has 0 heterocycles. The number of hydrogen-bond donors (Lipinski definition) is 1. The predicted molar refractivity (Wildman–Crippen MR) is 205 cm³/mol. The van der Waals surface area contributed by atoms with Gasteiger partial charge in [0.15, 0.2) is 0 Å². The molecule has 0 radical (unpaired) electrons. The van der Waals surface area contributed by atoms with Crippen molar-refractivity contribution in [2.75, 3.05) is 19.8 Å². The summed E-state index contributed by atoms with van der Waals surface area (Å²) in [7, 11) is 0. The molecule has 0 bridgehead atoms. The SMILES string of the molecule is CCCCCCCC/C=C\CCCCCCCCCCCCOCC(CO)OC(=O)CCCCCCC/C=C\CCCCCCCC. The zero-order valence-corrected chi connectivity index (χ0v) is 31.8. The molecule has 4 nitrogen and oxygen atoms in total. The summed E-state index contributed by atoms with van der Waals surface area (Å²) in [6, 6.07) is 0. The van der Waals surface area contributed by atoms with Crippen LogP contribution in [0.3, 0.4) is 0 Å². The Morgan fingerprint density at radius 1 is 0.489 bits per heavy atom. The number of rotatable bonds is 39. The monoisotopic (exact) mass is 663 g/mol. The fourth-order valence-electron chi connectivity index (χ4n) is 6.08. The predicted octanol–water partition coefficient (Wildman–Crippen LogP) is 13.5. The molecule has 0 amide bonds. The molecule has 0 aromatic carbocycles. The van der Waals surface area contributed by atoms with Crippen LogP contribution < -0.4 is 0 Å². The van der Waals surface area contributed by atoms with E-state index in [0.717, 1.165) is 19.3 Å². The van der Waals surface area contributed by atoms with Crippen LogP contribution in [0.5, 0.6) is 0 Å². The number of esters is 1. The lowest BCUT2D eigenvalue weighted by Crippen LogP contribution is -2.27. The lowest BCUT2D eigenvalue weighted by molar-refractivity contribution is -0.154. The van der Waals surface area contributed by atoms with Crippen molar-refractivity contribution in [2.45, 2.75) is 225 Å². The molecule has 0 spiro atoms. The molecular weight excluding hydrogens is 580 g/mol. The van der Waals surface area contributed by atoms with Crippen molar-refractivity contribution in [1.29, 1.82) is 0 Å². The molecule has 0 aliphatic carbocycles. The van der Waals surface area contributed by atoms with E-state index in [4.69, 9.17) is 9.47 Å². The molecule has 278 valence electrons. The average Bonchev–Trinajstić information content (AvgIpc) is 3.08. The number of allylic oxidation sites excluding steroid dienone is 4. The second kappa shape index (κ2) is 41.0. The zero-order valence-electron chi connectivity index (χ0n) is 31.8. The Hall–Kier alpha value is -1.13. The van der Waals surface area contributed by atoms with E-state index < -0.39 is 6.10 Å². The summed E-state index contributed by atoms with van der Waals surface area (Å²) in [6.45, 7) is 5.35. The summed E-state index contributed by atoms with van der Waals surface area (Å²) in [5.41, 5.74) is 0. The minimum atomic E-state index is -0.535. The lowest BCUT2D eigenvalue weighted by Gasteiger charge is -2.15. The van der Waals surface area contributed by atoms with Gasteiger partial charge in [-0.1, -0.05) is 173 Å². The molecular formula is C43H82O4. The van der Waals surface area contributed by atoms with E-state index in [2.05, 4.69) is 38.2 Å². The molecule has 0 aliphatic rings. The summed E-state index contributed by atoms with van der Waals surface area (Å²) in [4.78, 5) is 12.2. The van der Waals surface area contributed by atoms with Gasteiger partial charge in [0, 0.05) is 13.0 Å². The van der Waals surface area contributed by atoms with E-state index >= 15 is 0 Å². The Kier molecular flexibility index (Phi) is 40.1. The van der Waals surface area contributed by atoms with Crippen LogP contribution in [0, 0.1) is 0 Å². The third-order valence-electron chi connectivity index (χ3n) is 9.25. The van der Waals surface area contributed by atoms with Gasteiger partial charge in [-0.25, -0.2) is 0 Å². The van der Waals surface area contributed by atoms with Crippen LogP contribution in [0.15, 0.2) is 24.3 Å². The molecule has 0 saturated carbocycles. The standard InChI is InChI=1S/C43H82O4/c1-3-5-7-9-11-13-15-17-19-20-21-22-23-25-27-29-31-33-35-37-39-46-41-42(40-44)47-43(45)38-36-34-32-30-28-26-24-18-16-14-12-10-8-6-4-2/h17-19,24,42,44H,3-16,20-23,25-41H2,1-2H3/b19-17-,24-18-. The fourth-order valence-corrected chi connectivity index (χ4v) is 6.08. The van der Waals surface area contributed by atoms with E-state index in [1.165, 1.54) is 180 Å². The van der Waals surface area contributed by atoms with Crippen molar-refractivity contribution >= 4 is 5.97 Å². The molecule has 0 rings (SSSR count). The van der Waals surface area contributed by atoms with Crippen LogP contribution >= 0.6 is 0 Å². The lowest BCUT2D eigenvalue weighted by atomic mass is 10.1. The van der Waals surface area contributed by atoms with E-state index in [0.29, 0.717) is 19.6 Å². The van der Waals surface area contributed by atoms with Crippen LogP contribution in [0.2, 0.25) is 0 Å². The first-order valence-electron chi connectivity index (χ1n) is 20.9. The van der Waals surface area contributed by atoms with E-state index in [1.807, 2.05) is 0 Å². The van der Waals surface area contributed by atoms with Crippen molar-refractivity contribution in [3.05, 3.63) is 24.3 Å². The fraction of sp³-hybridized carbons (Fsp3) is 0.884. The molecule has 0 fully saturated rings. The van der Waals surface area contributed by atoms with Gasteiger partial charge in [0.1, 0.15) is 6.10 Å². The zero-order chi connectivity index (χ0) is 34.1. The largest absolute Gasteiger partial charge is 0.457 e. The van der Waals surface area contributed by atoms with Crippen molar-refractivity contribution in [3.63, 3.8) is 0 Å². The number of unbranched alkanes of at least 4 members (excludes halogenated alkanes) is 27. The molecule has 0 aromatic heterocycles. The molecule has 0 saturated heterocycles. The van der Waals surface area contributed by atoms with Gasteiger partial charge in [-0.2, -0.15) is 0 Å². The summed E-state index contributed by atoms with van der Waals surface area (Å²) in [6.07, 6.45) is 49.5. The minimum Gasteiger partial charge on any atom is -0.457 e. The van der Waals surface area contributed by atoms with Crippen LogP contribution in [-0.2, 0) is 14.3 Å². The third-order valence-corrected chi connectivity index (χ3v) is 9.25. The second-order valence-corrected chi connectivity index (χ2v) is 14.1. The first-order valence-corrected chi connectivity index (χ1v) is 20.9. The van der Waals surface area contributed by atoms with Crippen LogP contribution in [0.25, 0.3) is 0 Å². The number of carbonyl (C=O) groups is 1. The highest BCUT2D eigenvalue weighted by Crippen LogP contribution is 2.14. The van der Waals surface area contributed by atoms with Crippen molar-refractivity contribution < 1.29 is 19.4 Å². The van der Waals surface area contributed by atoms with Gasteiger partial charge >= 0.3 is 5.97 Å². The summed E-state index contributed by atoms with van der Waals surface area (Å²) in [5.74, 6) is -0.207. The van der Waals surface area contributed by atoms with Gasteiger partial charge in [-0.15, -0.1) is 0 Å². The number of ether oxygens (including phenoxy) is 2. The van der Waals surface area contributed by atoms with Crippen LogP contribution in [0.1, 0.15) is 219 Å². The Labute approximate surface area is 294 Å². The number of hydrogen-bond acceptors (Lipinski definition) is 4. The molecule has 4 heteroatoms. The van der Waals surface area contributed by atoms with Crippen molar-refractivity contribution in [3.8, 4) is 0 Å². The molecule has 1 N–H and O–H groups in total. The number of aliphatic hydroxyl groups is 1. The van der Waals surface area contributed by atoms with Gasteiger partial charge in [0.05, 0.1) is 13.2 Å². The Morgan fingerprint density at radius 3 is 1.21 bits per heavy atom. The first kappa shape index (κ1) is 45.9. The van der Waals surface area contributed by atoms with Crippen LogP contribution in [0.4, 0.5) is 0 Å². The Morgan fingerprint density at radius 2 is 0.830 bits per heavy atom. The molecule has 0 aliphatic heterocycles. The molecule has 0 aromatic rings. The maximum atomic E-state index is 12.2. The van der Waals surface area contributed by atoms with Crippen molar-refractivity contribution in [1.82, 2.24) is 0 Å². The average molecular weight is 663 g/mol. The maximum Gasteiger partial charge on any atom is 0.306 e. The minimum absolute atomic E-state index is 0.173. The van der Waals surface area contributed by atoms with Crippen molar-refractivity contribution in [2.24, 2.45) is 0 Å². The van der Waals surface area contributed by atoms with Crippen LogP contribution in [-0.4, -0.2) is 37.0 Å². The van der Waals surface area contributed by atoms with E-state index in [-0.39, 0.29) is 12.6 Å². The highest BCUT2D eigenvalue weighted by atomic mass is 16.6. The molecule has 47 heavy (non-hydrogen) atoms. The normalized spacial score (nSPS) is 12.5. The third kappa shape index (κ3) is 39.2. The smallest absolute Gasteiger partial charge is 0.306 e. The van der Waals surface area contributed by atoms with Gasteiger partial charge < -0.3 is 14.6 Å². The highest BCUT2D eigenvalue weighted by molar-refractivity contribution is 5.69. The molecule has 1 atom stereocenters. The summed E-state index contributed by atoms with van der Waals surface area (Å²) in [5, 5.41) is 9.58. The quantitative estimate of drug-likeness (QED) is 0.0404. The molecule has 1 unspecified atom stereocenters. The van der Waals surface area contributed by atoms with Gasteiger partial charge in [-0.3, -0.25) is 4.79 Å². The number of carbonyl (C=O) groups excluding carboxylic acids is 1. The van der Waals surface area contributed by atoms with Gasteiger partial charge in [0.25, 0.3) is 0 Å². The maximum absolute atomic E-state index is 12.2. The Bertz CT molecular complexity index is 658. The van der Waals surface area contributed by atoms with Gasteiger partial charge in [0.2, 0.25) is 0 Å².